The number of nitro groups is 1. The molecule has 2 aliphatic rings. The molecule has 0 saturated heterocycles. The summed E-state index contributed by atoms with van der Waals surface area (Å²) >= 11 is 4.24. The number of carbonyl (C=O) groups excluding carboxylic acids is 2. The van der Waals surface area contributed by atoms with Crippen molar-refractivity contribution in [3.05, 3.63) is 69.8 Å². The summed E-state index contributed by atoms with van der Waals surface area (Å²) in [4.78, 5) is 37.9. The Kier molecular flexibility index (Phi) is 11.9. The molecular formula is C35H46N2O6S. The van der Waals surface area contributed by atoms with Crippen LogP contribution in [0.3, 0.4) is 0 Å². The molecule has 0 fully saturated rings. The SMILES string of the molecule is CC1(C)c2ccccc2N(CCCC(=O)CCOC(=O)CCCCCCCCCCS)C12C=Cc1cc([N+](=O)[O-])ccc1O2. The lowest BCUT2D eigenvalue weighted by molar-refractivity contribution is -0.384. The highest BCUT2D eigenvalue weighted by atomic mass is 32.1. The van der Waals surface area contributed by atoms with Gasteiger partial charge in [0.1, 0.15) is 11.5 Å². The molecule has 0 aromatic heterocycles. The topological polar surface area (TPSA) is 99.0 Å². The number of Topliss-reactive ketones (excluding diaryl/α,β-unsaturated/α-hetero) is 1. The molecule has 8 nitrogen and oxygen atoms in total. The Morgan fingerprint density at radius 1 is 0.932 bits per heavy atom. The Balaban J connectivity index is 1.25. The highest BCUT2D eigenvalue weighted by Crippen LogP contribution is 2.55. The third kappa shape index (κ3) is 7.84. The van der Waals surface area contributed by atoms with Crippen LogP contribution in [0.4, 0.5) is 11.4 Å². The van der Waals surface area contributed by atoms with Gasteiger partial charge >= 0.3 is 5.97 Å². The molecule has 1 unspecified atom stereocenters. The van der Waals surface area contributed by atoms with Gasteiger partial charge in [-0.2, -0.15) is 12.6 Å². The van der Waals surface area contributed by atoms with E-state index in [1.807, 2.05) is 24.3 Å². The number of unbranched alkanes of at least 4 members (excludes halogenated alkanes) is 7. The lowest BCUT2D eigenvalue weighted by Gasteiger charge is -2.47. The molecule has 2 heterocycles. The minimum absolute atomic E-state index is 0.0181. The number of thiol groups is 1. The summed E-state index contributed by atoms with van der Waals surface area (Å²) in [5.41, 5.74) is 1.57. The van der Waals surface area contributed by atoms with Gasteiger partial charge in [-0.3, -0.25) is 19.7 Å². The van der Waals surface area contributed by atoms with Crippen LogP contribution in [-0.2, 0) is 19.7 Å². The maximum absolute atomic E-state index is 12.7. The molecule has 0 aliphatic carbocycles. The van der Waals surface area contributed by atoms with Gasteiger partial charge in [0.2, 0.25) is 5.72 Å². The Morgan fingerprint density at radius 2 is 1.64 bits per heavy atom. The van der Waals surface area contributed by atoms with Crippen LogP contribution in [0.5, 0.6) is 5.75 Å². The minimum Gasteiger partial charge on any atom is -0.465 e. The van der Waals surface area contributed by atoms with Gasteiger partial charge in [-0.25, -0.2) is 0 Å². The van der Waals surface area contributed by atoms with Crippen molar-refractivity contribution in [2.45, 2.75) is 102 Å². The first-order valence-corrected chi connectivity index (χ1v) is 16.6. The van der Waals surface area contributed by atoms with Gasteiger partial charge in [0.25, 0.3) is 5.69 Å². The second-order valence-electron chi connectivity index (χ2n) is 12.3. The summed E-state index contributed by atoms with van der Waals surface area (Å²) in [6.45, 7) is 4.98. The van der Waals surface area contributed by atoms with Crippen LogP contribution in [0.25, 0.3) is 6.08 Å². The van der Waals surface area contributed by atoms with Gasteiger partial charge in [0.05, 0.1) is 16.9 Å². The zero-order valence-corrected chi connectivity index (χ0v) is 27.0. The van der Waals surface area contributed by atoms with E-state index in [0.29, 0.717) is 37.1 Å². The molecule has 4 rings (SSSR count). The van der Waals surface area contributed by atoms with E-state index in [1.54, 1.807) is 6.07 Å². The van der Waals surface area contributed by atoms with Crippen LogP contribution in [-0.4, -0.2) is 41.3 Å². The number of anilines is 1. The fraction of sp³-hybridized carbons (Fsp3) is 0.543. The molecule has 0 N–H and O–H groups in total. The van der Waals surface area contributed by atoms with Crippen LogP contribution in [0, 0.1) is 10.1 Å². The van der Waals surface area contributed by atoms with E-state index in [2.05, 4.69) is 43.5 Å². The number of ketones is 1. The van der Waals surface area contributed by atoms with Gasteiger partial charge in [-0.15, -0.1) is 0 Å². The standard InChI is InChI=1S/C35H46N2O6S/c1-34(2)30-15-10-11-16-31(30)36(35(34)22-20-27-26-28(37(40)41)18-19-32(27)43-35)23-13-14-29(38)21-24-42-33(39)17-9-7-5-3-4-6-8-12-25-44/h10-11,15-16,18-20,22,26,44H,3-9,12-14,17,21,23-25H2,1-2H3. The molecule has 9 heteroatoms. The molecule has 238 valence electrons. The highest BCUT2D eigenvalue weighted by molar-refractivity contribution is 7.80. The van der Waals surface area contributed by atoms with Crippen LogP contribution in [0.15, 0.2) is 48.5 Å². The number of para-hydroxylation sites is 1. The summed E-state index contributed by atoms with van der Waals surface area (Å²) in [6.07, 6.45) is 14.6. The maximum Gasteiger partial charge on any atom is 0.305 e. The van der Waals surface area contributed by atoms with Crippen molar-refractivity contribution in [2.24, 2.45) is 0 Å². The van der Waals surface area contributed by atoms with Crippen LogP contribution < -0.4 is 9.64 Å². The van der Waals surface area contributed by atoms with Crippen LogP contribution in [0.2, 0.25) is 0 Å². The van der Waals surface area contributed by atoms with Crippen molar-refractivity contribution in [2.75, 3.05) is 23.8 Å². The number of rotatable bonds is 18. The predicted octanol–water partition coefficient (Wildman–Crippen LogP) is 8.22. The van der Waals surface area contributed by atoms with Gasteiger partial charge in [-0.05, 0) is 68.7 Å². The first-order valence-electron chi connectivity index (χ1n) is 16.0. The number of fused-ring (bicyclic) bond motifs is 2. The normalized spacial score (nSPS) is 17.7. The van der Waals surface area contributed by atoms with E-state index in [0.717, 1.165) is 36.3 Å². The molecule has 2 aromatic carbocycles. The van der Waals surface area contributed by atoms with Gasteiger partial charge < -0.3 is 14.4 Å². The Bertz CT molecular complexity index is 1340. The third-order valence-electron chi connectivity index (χ3n) is 8.89. The van der Waals surface area contributed by atoms with E-state index in [4.69, 9.17) is 9.47 Å². The van der Waals surface area contributed by atoms with E-state index in [1.165, 1.54) is 44.2 Å². The van der Waals surface area contributed by atoms with Gasteiger partial charge in [0.15, 0.2) is 0 Å². The highest BCUT2D eigenvalue weighted by Gasteiger charge is 2.58. The molecule has 1 atom stereocenters. The van der Waals surface area contributed by atoms with Crippen LogP contribution in [0.1, 0.15) is 102 Å². The van der Waals surface area contributed by atoms with Crippen molar-refractivity contribution in [1.82, 2.24) is 0 Å². The van der Waals surface area contributed by atoms with Crippen molar-refractivity contribution in [3.63, 3.8) is 0 Å². The monoisotopic (exact) mass is 622 g/mol. The summed E-state index contributed by atoms with van der Waals surface area (Å²) < 4.78 is 12.1. The van der Waals surface area contributed by atoms with E-state index in [9.17, 15) is 19.7 Å². The average Bonchev–Trinajstić information content (AvgIpc) is 3.18. The second-order valence-corrected chi connectivity index (χ2v) is 12.8. The average molecular weight is 623 g/mol. The zero-order chi connectivity index (χ0) is 31.6. The fourth-order valence-electron chi connectivity index (χ4n) is 6.34. The number of hydrogen-bond donors (Lipinski definition) is 1. The van der Waals surface area contributed by atoms with Gasteiger partial charge in [0, 0.05) is 49.2 Å². The molecule has 0 saturated carbocycles. The van der Waals surface area contributed by atoms with Crippen molar-refractivity contribution < 1.29 is 24.0 Å². The maximum atomic E-state index is 12.7. The Morgan fingerprint density at radius 3 is 2.36 bits per heavy atom. The minimum atomic E-state index is -0.856. The number of ether oxygens (including phenoxy) is 2. The van der Waals surface area contributed by atoms with E-state index < -0.39 is 16.1 Å². The van der Waals surface area contributed by atoms with Crippen LogP contribution >= 0.6 is 12.6 Å². The smallest absolute Gasteiger partial charge is 0.305 e. The number of carbonyl (C=O) groups is 2. The number of benzene rings is 2. The van der Waals surface area contributed by atoms with Crippen molar-refractivity contribution >= 4 is 41.8 Å². The molecule has 0 amide bonds. The van der Waals surface area contributed by atoms with E-state index in [-0.39, 0.29) is 30.5 Å². The number of nitrogens with zero attached hydrogens (tertiary/aromatic N) is 2. The van der Waals surface area contributed by atoms with E-state index >= 15 is 0 Å². The number of hydrogen-bond acceptors (Lipinski definition) is 8. The second kappa shape index (κ2) is 15.6. The lowest BCUT2D eigenvalue weighted by atomic mass is 9.76. The molecule has 0 bridgehead atoms. The van der Waals surface area contributed by atoms with Crippen molar-refractivity contribution in [1.29, 1.82) is 0 Å². The largest absolute Gasteiger partial charge is 0.465 e. The number of nitro benzene ring substituents is 1. The summed E-state index contributed by atoms with van der Waals surface area (Å²) in [6, 6.07) is 12.8. The molecule has 44 heavy (non-hydrogen) atoms. The number of non-ortho nitro benzene ring substituents is 1. The number of esters is 1. The van der Waals surface area contributed by atoms with Gasteiger partial charge in [-0.1, -0.05) is 56.7 Å². The van der Waals surface area contributed by atoms with Crippen molar-refractivity contribution in [3.8, 4) is 5.75 Å². The first kappa shape index (κ1) is 33.6. The lowest BCUT2D eigenvalue weighted by Crippen LogP contribution is -2.59. The summed E-state index contributed by atoms with van der Waals surface area (Å²) in [5, 5.41) is 11.3. The summed E-state index contributed by atoms with van der Waals surface area (Å²) in [5.74, 6) is 1.38. The Hall–Kier alpha value is -3.33. The molecule has 2 aliphatic heterocycles. The zero-order valence-electron chi connectivity index (χ0n) is 26.1. The molecular weight excluding hydrogens is 576 g/mol. The molecule has 1 spiro atoms. The first-order chi connectivity index (χ1) is 21.2. The third-order valence-corrected chi connectivity index (χ3v) is 9.21. The molecule has 2 aromatic rings. The Labute approximate surface area is 266 Å². The predicted molar refractivity (Wildman–Crippen MR) is 178 cm³/mol. The quantitative estimate of drug-likeness (QED) is 0.0588. The molecule has 0 radical (unpaired) electrons. The fourth-order valence-corrected chi connectivity index (χ4v) is 6.57. The summed E-state index contributed by atoms with van der Waals surface area (Å²) in [7, 11) is 0.